The van der Waals surface area contributed by atoms with E-state index < -0.39 is 0 Å². The monoisotopic (exact) mass is 200 g/mol. The van der Waals surface area contributed by atoms with Crippen LogP contribution in [-0.4, -0.2) is 44.3 Å². The SMILES string of the molecule is CC(C)N(C)CC1(CN)CCCOC1. The molecule has 1 aliphatic heterocycles. The van der Waals surface area contributed by atoms with E-state index in [0.29, 0.717) is 6.04 Å². The highest BCUT2D eigenvalue weighted by Crippen LogP contribution is 2.28. The standard InChI is InChI=1S/C11H24N2O/c1-10(2)13(3)8-11(7-12)5-4-6-14-9-11/h10H,4-9,12H2,1-3H3. The molecule has 0 amide bonds. The average Bonchev–Trinajstić information content (AvgIpc) is 2.19. The van der Waals surface area contributed by atoms with E-state index in [0.717, 1.165) is 32.7 Å². The summed E-state index contributed by atoms with van der Waals surface area (Å²) in [5.41, 5.74) is 6.09. The Morgan fingerprint density at radius 1 is 1.50 bits per heavy atom. The number of nitrogens with two attached hydrogens (primary N) is 1. The quantitative estimate of drug-likeness (QED) is 0.738. The Bertz CT molecular complexity index is 165. The van der Waals surface area contributed by atoms with Crippen molar-refractivity contribution in [1.29, 1.82) is 0 Å². The maximum Gasteiger partial charge on any atom is 0.0546 e. The number of hydrogen-bond donors (Lipinski definition) is 1. The van der Waals surface area contributed by atoms with Crippen LogP contribution in [-0.2, 0) is 4.74 Å². The van der Waals surface area contributed by atoms with Gasteiger partial charge >= 0.3 is 0 Å². The summed E-state index contributed by atoms with van der Waals surface area (Å²) in [6.45, 7) is 7.97. The van der Waals surface area contributed by atoms with Crippen LogP contribution in [0.15, 0.2) is 0 Å². The first-order chi connectivity index (χ1) is 6.59. The molecule has 0 aromatic heterocycles. The molecule has 2 N–H and O–H groups in total. The molecule has 84 valence electrons. The van der Waals surface area contributed by atoms with E-state index >= 15 is 0 Å². The maximum atomic E-state index is 5.88. The largest absolute Gasteiger partial charge is 0.381 e. The fourth-order valence-corrected chi connectivity index (χ4v) is 1.97. The topological polar surface area (TPSA) is 38.5 Å². The summed E-state index contributed by atoms with van der Waals surface area (Å²) >= 11 is 0. The molecule has 3 heteroatoms. The Balaban J connectivity index is 2.51. The van der Waals surface area contributed by atoms with Crippen LogP contribution >= 0.6 is 0 Å². The van der Waals surface area contributed by atoms with Crippen molar-refractivity contribution in [3.8, 4) is 0 Å². The molecule has 1 unspecified atom stereocenters. The van der Waals surface area contributed by atoms with E-state index in [1.165, 1.54) is 6.42 Å². The molecule has 14 heavy (non-hydrogen) atoms. The van der Waals surface area contributed by atoms with Crippen molar-refractivity contribution in [2.75, 3.05) is 33.4 Å². The van der Waals surface area contributed by atoms with Crippen LogP contribution < -0.4 is 5.73 Å². The van der Waals surface area contributed by atoms with E-state index in [2.05, 4.69) is 25.8 Å². The molecule has 0 aromatic rings. The zero-order chi connectivity index (χ0) is 10.6. The molecule has 1 fully saturated rings. The van der Waals surface area contributed by atoms with Gasteiger partial charge in [0.1, 0.15) is 0 Å². The van der Waals surface area contributed by atoms with Gasteiger partial charge in [0.15, 0.2) is 0 Å². The fourth-order valence-electron chi connectivity index (χ4n) is 1.97. The van der Waals surface area contributed by atoms with Crippen molar-refractivity contribution in [2.24, 2.45) is 11.1 Å². The third-order valence-electron chi connectivity index (χ3n) is 3.30. The Morgan fingerprint density at radius 2 is 2.21 bits per heavy atom. The summed E-state index contributed by atoms with van der Waals surface area (Å²) in [6, 6.07) is 0.584. The predicted octanol–water partition coefficient (Wildman–Crippen LogP) is 1.08. The summed E-state index contributed by atoms with van der Waals surface area (Å²) in [5.74, 6) is 0. The van der Waals surface area contributed by atoms with Crippen LogP contribution in [0.5, 0.6) is 0 Å². The van der Waals surface area contributed by atoms with Crippen LogP contribution in [0, 0.1) is 5.41 Å². The summed E-state index contributed by atoms with van der Waals surface area (Å²) < 4.78 is 5.55. The molecule has 0 spiro atoms. The Labute approximate surface area is 87.6 Å². The number of hydrogen-bond acceptors (Lipinski definition) is 3. The lowest BCUT2D eigenvalue weighted by Gasteiger charge is -2.40. The first-order valence-electron chi connectivity index (χ1n) is 5.58. The second-order valence-electron chi connectivity index (χ2n) is 4.87. The van der Waals surface area contributed by atoms with Gasteiger partial charge in [0.25, 0.3) is 0 Å². The maximum absolute atomic E-state index is 5.88. The summed E-state index contributed by atoms with van der Waals surface area (Å²) in [4.78, 5) is 2.36. The van der Waals surface area contributed by atoms with Crippen molar-refractivity contribution in [2.45, 2.75) is 32.7 Å². The molecular formula is C11H24N2O. The Morgan fingerprint density at radius 3 is 2.64 bits per heavy atom. The van der Waals surface area contributed by atoms with Gasteiger partial charge in [-0.2, -0.15) is 0 Å². The molecule has 0 bridgehead atoms. The zero-order valence-corrected chi connectivity index (χ0v) is 9.75. The van der Waals surface area contributed by atoms with Crippen LogP contribution in [0.4, 0.5) is 0 Å². The lowest BCUT2D eigenvalue weighted by atomic mass is 9.82. The minimum Gasteiger partial charge on any atom is -0.381 e. The summed E-state index contributed by atoms with van der Waals surface area (Å²) in [5, 5.41) is 0. The van der Waals surface area contributed by atoms with Gasteiger partial charge in [0.05, 0.1) is 6.61 Å². The molecule has 1 heterocycles. The Kier molecular flexibility index (Phi) is 4.35. The molecule has 1 rings (SSSR count). The molecule has 3 nitrogen and oxygen atoms in total. The number of ether oxygens (including phenoxy) is 1. The van der Waals surface area contributed by atoms with Crippen molar-refractivity contribution >= 4 is 0 Å². The van der Waals surface area contributed by atoms with Gasteiger partial charge in [-0.3, -0.25) is 0 Å². The summed E-state index contributed by atoms with van der Waals surface area (Å²) in [6.07, 6.45) is 2.36. The number of nitrogens with zero attached hydrogens (tertiary/aromatic N) is 1. The van der Waals surface area contributed by atoms with E-state index in [1.807, 2.05) is 0 Å². The molecule has 1 atom stereocenters. The van der Waals surface area contributed by atoms with Gasteiger partial charge in [0, 0.05) is 31.2 Å². The van der Waals surface area contributed by atoms with Gasteiger partial charge in [-0.25, -0.2) is 0 Å². The highest BCUT2D eigenvalue weighted by Gasteiger charge is 2.33. The van der Waals surface area contributed by atoms with Crippen molar-refractivity contribution < 1.29 is 4.74 Å². The van der Waals surface area contributed by atoms with E-state index in [9.17, 15) is 0 Å². The third kappa shape index (κ3) is 2.94. The molecule has 0 radical (unpaired) electrons. The van der Waals surface area contributed by atoms with Crippen LogP contribution in [0.3, 0.4) is 0 Å². The van der Waals surface area contributed by atoms with Gasteiger partial charge in [-0.15, -0.1) is 0 Å². The van der Waals surface area contributed by atoms with Crippen LogP contribution in [0.1, 0.15) is 26.7 Å². The molecule has 1 saturated heterocycles. The Hall–Kier alpha value is -0.120. The van der Waals surface area contributed by atoms with E-state index in [-0.39, 0.29) is 5.41 Å². The highest BCUT2D eigenvalue weighted by atomic mass is 16.5. The van der Waals surface area contributed by atoms with Gasteiger partial charge in [0.2, 0.25) is 0 Å². The summed E-state index contributed by atoms with van der Waals surface area (Å²) in [7, 11) is 2.16. The molecule has 1 aliphatic rings. The minimum absolute atomic E-state index is 0.206. The lowest BCUT2D eigenvalue weighted by Crippen LogP contribution is -2.48. The third-order valence-corrected chi connectivity index (χ3v) is 3.30. The fraction of sp³-hybridized carbons (Fsp3) is 1.00. The normalized spacial score (nSPS) is 28.7. The second kappa shape index (κ2) is 5.10. The van der Waals surface area contributed by atoms with Crippen molar-refractivity contribution in [3.63, 3.8) is 0 Å². The smallest absolute Gasteiger partial charge is 0.0546 e. The molecule has 0 saturated carbocycles. The zero-order valence-electron chi connectivity index (χ0n) is 9.75. The van der Waals surface area contributed by atoms with Crippen LogP contribution in [0.25, 0.3) is 0 Å². The minimum atomic E-state index is 0.206. The van der Waals surface area contributed by atoms with Crippen LogP contribution in [0.2, 0.25) is 0 Å². The van der Waals surface area contributed by atoms with E-state index in [4.69, 9.17) is 10.5 Å². The van der Waals surface area contributed by atoms with Gasteiger partial charge < -0.3 is 15.4 Å². The first kappa shape index (κ1) is 12.0. The molecule has 0 aromatic carbocycles. The first-order valence-corrected chi connectivity index (χ1v) is 5.58. The van der Waals surface area contributed by atoms with Crippen molar-refractivity contribution in [3.05, 3.63) is 0 Å². The van der Waals surface area contributed by atoms with Gasteiger partial charge in [-0.05, 0) is 33.7 Å². The average molecular weight is 200 g/mol. The lowest BCUT2D eigenvalue weighted by molar-refractivity contribution is -0.0220. The van der Waals surface area contributed by atoms with Crippen molar-refractivity contribution in [1.82, 2.24) is 4.90 Å². The predicted molar refractivity (Wildman–Crippen MR) is 59.3 cm³/mol. The molecule has 0 aliphatic carbocycles. The highest BCUT2D eigenvalue weighted by molar-refractivity contribution is 4.86. The second-order valence-corrected chi connectivity index (χ2v) is 4.87. The number of rotatable bonds is 4. The molecular weight excluding hydrogens is 176 g/mol. The van der Waals surface area contributed by atoms with E-state index in [1.54, 1.807) is 0 Å². The van der Waals surface area contributed by atoms with Gasteiger partial charge in [-0.1, -0.05) is 0 Å².